The Morgan fingerprint density at radius 1 is 1.00 bits per heavy atom. The minimum absolute atomic E-state index is 0.0763. The molecule has 2 heterocycles. The molecule has 1 saturated heterocycles. The second-order valence-electron chi connectivity index (χ2n) is 10.6. The van der Waals surface area contributed by atoms with Gasteiger partial charge >= 0.3 is 6.18 Å². The fourth-order valence-corrected chi connectivity index (χ4v) is 5.50. The number of halogens is 3. The van der Waals surface area contributed by atoms with Crippen LogP contribution in [0.1, 0.15) is 36.8 Å². The van der Waals surface area contributed by atoms with Gasteiger partial charge in [0.05, 0.1) is 11.3 Å². The van der Waals surface area contributed by atoms with E-state index in [0.29, 0.717) is 64.2 Å². The zero-order chi connectivity index (χ0) is 29.7. The molecule has 1 amide bonds. The van der Waals surface area contributed by atoms with E-state index in [1.807, 2.05) is 47.4 Å². The molecule has 2 aromatic carbocycles. The number of benzene rings is 2. The van der Waals surface area contributed by atoms with E-state index in [2.05, 4.69) is 15.2 Å². The maximum absolute atomic E-state index is 13.3. The molecule has 3 aromatic rings. The molecule has 1 N–H and O–H groups in total. The maximum atomic E-state index is 13.3. The Morgan fingerprint density at radius 3 is 2.38 bits per heavy atom. The lowest BCUT2D eigenvalue weighted by Crippen LogP contribution is -2.49. The van der Waals surface area contributed by atoms with E-state index in [0.717, 1.165) is 23.4 Å². The number of anilines is 2. The van der Waals surface area contributed by atoms with E-state index in [1.54, 1.807) is 6.20 Å². The Balaban J connectivity index is 1.10. The number of hydrogen-bond donors (Lipinski definition) is 1. The molecule has 1 aliphatic heterocycles. The molecule has 222 valence electrons. The first-order chi connectivity index (χ1) is 20.2. The Morgan fingerprint density at radius 2 is 1.71 bits per heavy atom. The standard InChI is InChI=1S/C30H32F3N5O4/c31-30(32,33)26-19-23(8-11-27(26)38(40)41)35-22-6-9-25(10-7-22)42-28-20-24(12-13-34-28)36-14-16-37(17-15-36)29(39)18-21-4-2-1-3-5-21/h1-5,8,11-13,19-20,22,25,35H,6-7,9-10,14-18H2. The highest BCUT2D eigenvalue weighted by Gasteiger charge is 2.38. The molecule has 9 nitrogen and oxygen atoms in total. The summed E-state index contributed by atoms with van der Waals surface area (Å²) >= 11 is 0. The fraction of sp³-hybridized carbons (Fsp3) is 0.400. The summed E-state index contributed by atoms with van der Waals surface area (Å²) in [6.45, 7) is 2.69. The molecule has 1 aromatic heterocycles. The molecule has 5 rings (SSSR count). The number of rotatable bonds is 8. The van der Waals surface area contributed by atoms with Crippen LogP contribution >= 0.6 is 0 Å². The number of piperazine rings is 1. The summed E-state index contributed by atoms with van der Waals surface area (Å²) in [5.41, 5.74) is -0.0377. The van der Waals surface area contributed by atoms with Gasteiger partial charge in [0.1, 0.15) is 11.7 Å². The van der Waals surface area contributed by atoms with Gasteiger partial charge < -0.3 is 19.9 Å². The highest BCUT2D eigenvalue weighted by Crippen LogP contribution is 2.38. The van der Waals surface area contributed by atoms with E-state index >= 15 is 0 Å². The molecule has 1 aliphatic carbocycles. The summed E-state index contributed by atoms with van der Waals surface area (Å²) in [5, 5.41) is 14.1. The molecule has 1 saturated carbocycles. The van der Waals surface area contributed by atoms with Crippen LogP contribution in [0, 0.1) is 10.1 Å². The van der Waals surface area contributed by atoms with E-state index in [1.165, 1.54) is 6.07 Å². The van der Waals surface area contributed by atoms with Gasteiger partial charge in [-0.1, -0.05) is 30.3 Å². The first kappa shape index (κ1) is 29.2. The van der Waals surface area contributed by atoms with Crippen molar-refractivity contribution in [3.63, 3.8) is 0 Å². The molecule has 12 heteroatoms. The van der Waals surface area contributed by atoms with Gasteiger partial charge in [0.25, 0.3) is 5.69 Å². The summed E-state index contributed by atoms with van der Waals surface area (Å²) in [6, 6.07) is 16.5. The minimum atomic E-state index is -4.82. The molecule has 0 atom stereocenters. The number of aromatic nitrogens is 1. The van der Waals surface area contributed by atoms with Crippen molar-refractivity contribution in [3.8, 4) is 5.88 Å². The van der Waals surface area contributed by atoms with Crippen LogP contribution in [0.25, 0.3) is 0 Å². The molecule has 2 fully saturated rings. The van der Waals surface area contributed by atoms with Crippen molar-refractivity contribution in [1.82, 2.24) is 9.88 Å². The van der Waals surface area contributed by atoms with E-state index in [4.69, 9.17) is 4.74 Å². The van der Waals surface area contributed by atoms with Crippen LogP contribution in [-0.2, 0) is 17.4 Å². The van der Waals surface area contributed by atoms with Gasteiger partial charge in [-0.3, -0.25) is 14.9 Å². The Bertz CT molecular complexity index is 1390. The van der Waals surface area contributed by atoms with Crippen LogP contribution in [-0.4, -0.2) is 59.0 Å². The van der Waals surface area contributed by atoms with Crippen LogP contribution in [0.4, 0.5) is 30.2 Å². The number of nitrogens with one attached hydrogen (secondary N) is 1. The van der Waals surface area contributed by atoms with Crippen LogP contribution in [0.3, 0.4) is 0 Å². The largest absolute Gasteiger partial charge is 0.474 e. The third-order valence-corrected chi connectivity index (χ3v) is 7.75. The predicted molar refractivity (Wildman–Crippen MR) is 152 cm³/mol. The second kappa shape index (κ2) is 12.7. The van der Waals surface area contributed by atoms with Crippen molar-refractivity contribution in [2.75, 3.05) is 36.4 Å². The van der Waals surface area contributed by atoms with E-state index in [-0.39, 0.29) is 23.7 Å². The number of hydrogen-bond acceptors (Lipinski definition) is 7. The van der Waals surface area contributed by atoms with Crippen LogP contribution in [0.5, 0.6) is 5.88 Å². The number of nitro groups is 1. The number of pyridine rings is 1. The third kappa shape index (κ3) is 7.29. The second-order valence-corrected chi connectivity index (χ2v) is 10.6. The molecule has 2 aliphatic rings. The lowest BCUT2D eigenvalue weighted by Gasteiger charge is -2.36. The number of alkyl halides is 3. The highest BCUT2D eigenvalue weighted by molar-refractivity contribution is 5.79. The summed E-state index contributed by atoms with van der Waals surface area (Å²) in [5.74, 6) is 0.635. The first-order valence-electron chi connectivity index (χ1n) is 14.0. The Hall–Kier alpha value is -4.35. The van der Waals surface area contributed by atoms with Crippen molar-refractivity contribution >= 4 is 23.0 Å². The Labute approximate surface area is 241 Å². The number of carbonyl (C=O) groups excluding carboxylic acids is 1. The van der Waals surface area contributed by atoms with E-state index < -0.39 is 22.4 Å². The average Bonchev–Trinajstić information content (AvgIpc) is 2.98. The number of carbonyl (C=O) groups is 1. The summed E-state index contributed by atoms with van der Waals surface area (Å²) in [4.78, 5) is 31.2. The summed E-state index contributed by atoms with van der Waals surface area (Å²) < 4.78 is 46.1. The number of nitro benzene ring substituents is 1. The van der Waals surface area contributed by atoms with Gasteiger partial charge in [0.15, 0.2) is 0 Å². The molecule has 0 spiro atoms. The van der Waals surface area contributed by atoms with Gasteiger partial charge in [-0.05, 0) is 49.4 Å². The van der Waals surface area contributed by atoms with Crippen molar-refractivity contribution in [2.24, 2.45) is 0 Å². The fourth-order valence-electron chi connectivity index (χ4n) is 5.50. The van der Waals surface area contributed by atoms with Crippen LogP contribution in [0.15, 0.2) is 66.9 Å². The lowest BCUT2D eigenvalue weighted by molar-refractivity contribution is -0.388. The number of ether oxygens (including phenoxy) is 1. The molecule has 0 bridgehead atoms. The number of amides is 1. The van der Waals surface area contributed by atoms with Gasteiger partial charge in [0, 0.05) is 61.9 Å². The van der Waals surface area contributed by atoms with Crippen LogP contribution < -0.4 is 15.0 Å². The SMILES string of the molecule is O=C(Cc1ccccc1)N1CCN(c2ccnc(OC3CCC(Nc4ccc([N+](=O)[O-])c(C(F)(F)F)c4)CC3)c2)CC1. The van der Waals surface area contributed by atoms with Gasteiger partial charge in [-0.2, -0.15) is 13.2 Å². The Kier molecular flexibility index (Phi) is 8.79. The molecule has 0 radical (unpaired) electrons. The smallest absolute Gasteiger partial charge is 0.423 e. The quantitative estimate of drug-likeness (QED) is 0.268. The number of nitrogens with zero attached hydrogens (tertiary/aromatic N) is 4. The van der Waals surface area contributed by atoms with Gasteiger partial charge in [-0.25, -0.2) is 4.98 Å². The summed E-state index contributed by atoms with van der Waals surface area (Å²) in [7, 11) is 0. The third-order valence-electron chi connectivity index (χ3n) is 7.75. The first-order valence-corrected chi connectivity index (χ1v) is 14.0. The highest BCUT2D eigenvalue weighted by atomic mass is 19.4. The topological polar surface area (TPSA) is 101 Å². The van der Waals surface area contributed by atoms with Crippen molar-refractivity contribution in [1.29, 1.82) is 0 Å². The molecular weight excluding hydrogens is 551 g/mol. The van der Waals surface area contributed by atoms with Crippen molar-refractivity contribution < 1.29 is 27.6 Å². The average molecular weight is 584 g/mol. The zero-order valence-corrected chi connectivity index (χ0v) is 22.9. The molecule has 0 unspecified atom stereocenters. The maximum Gasteiger partial charge on any atom is 0.423 e. The summed E-state index contributed by atoms with van der Waals surface area (Å²) in [6.07, 6.45) is -0.0909. The van der Waals surface area contributed by atoms with Gasteiger partial charge in [0.2, 0.25) is 11.8 Å². The molecular formula is C30H32F3N5O4. The van der Waals surface area contributed by atoms with Crippen molar-refractivity contribution in [3.05, 3.63) is 88.1 Å². The molecule has 42 heavy (non-hydrogen) atoms. The lowest BCUT2D eigenvalue weighted by atomic mass is 9.92. The normalized spacial score (nSPS) is 19.3. The zero-order valence-electron chi connectivity index (χ0n) is 22.9. The van der Waals surface area contributed by atoms with Crippen LogP contribution in [0.2, 0.25) is 0 Å². The van der Waals surface area contributed by atoms with Gasteiger partial charge in [-0.15, -0.1) is 0 Å². The predicted octanol–water partition coefficient (Wildman–Crippen LogP) is 5.70. The van der Waals surface area contributed by atoms with Crippen molar-refractivity contribution in [2.45, 2.75) is 50.4 Å². The van der Waals surface area contributed by atoms with E-state index in [9.17, 15) is 28.1 Å². The monoisotopic (exact) mass is 583 g/mol. The minimum Gasteiger partial charge on any atom is -0.474 e.